The van der Waals surface area contributed by atoms with E-state index >= 15 is 0 Å². The lowest BCUT2D eigenvalue weighted by molar-refractivity contribution is 0.276. The lowest BCUT2D eigenvalue weighted by Gasteiger charge is -2.09. The highest BCUT2D eigenvalue weighted by Crippen LogP contribution is 2.25. The molecule has 0 radical (unpaired) electrons. The number of ether oxygens (including phenoxy) is 1. The van der Waals surface area contributed by atoms with Gasteiger partial charge in [0.05, 0.1) is 0 Å². The van der Waals surface area contributed by atoms with Gasteiger partial charge in [-0.3, -0.25) is 0 Å². The molecular formula is C13H13F2NOS. The number of halogens is 2. The molecule has 2 nitrogen and oxygen atoms in total. The van der Waals surface area contributed by atoms with Crippen molar-refractivity contribution >= 4 is 11.3 Å². The first-order chi connectivity index (χ1) is 8.70. The molecule has 5 heteroatoms. The summed E-state index contributed by atoms with van der Waals surface area (Å²) in [6.45, 7) is 0.593. The van der Waals surface area contributed by atoms with Crippen molar-refractivity contribution in [1.82, 2.24) is 5.32 Å². The molecule has 0 fully saturated rings. The van der Waals surface area contributed by atoms with E-state index in [4.69, 9.17) is 4.74 Å². The topological polar surface area (TPSA) is 21.3 Å². The van der Waals surface area contributed by atoms with Gasteiger partial charge in [0.1, 0.15) is 6.61 Å². The molecule has 1 heterocycles. The molecule has 0 saturated carbocycles. The quantitative estimate of drug-likeness (QED) is 0.899. The van der Waals surface area contributed by atoms with Crippen LogP contribution in [0.1, 0.15) is 10.4 Å². The zero-order valence-corrected chi connectivity index (χ0v) is 10.7. The molecule has 0 saturated heterocycles. The van der Waals surface area contributed by atoms with Gasteiger partial charge in [-0.2, -0.15) is 0 Å². The summed E-state index contributed by atoms with van der Waals surface area (Å²) in [6, 6.07) is 6.29. The zero-order valence-electron chi connectivity index (χ0n) is 9.87. The van der Waals surface area contributed by atoms with Crippen LogP contribution in [-0.2, 0) is 13.2 Å². The summed E-state index contributed by atoms with van der Waals surface area (Å²) in [5, 5.41) is 4.73. The van der Waals surface area contributed by atoms with Crippen LogP contribution in [0.3, 0.4) is 0 Å². The number of hydrogen-bond acceptors (Lipinski definition) is 3. The van der Waals surface area contributed by atoms with Crippen molar-refractivity contribution in [2.24, 2.45) is 0 Å². The molecule has 1 aromatic carbocycles. The number of hydrogen-bond donors (Lipinski definition) is 1. The average molecular weight is 269 g/mol. The fraction of sp³-hybridized carbons (Fsp3) is 0.231. The van der Waals surface area contributed by atoms with Gasteiger partial charge in [0.2, 0.25) is 0 Å². The highest BCUT2D eigenvalue weighted by molar-refractivity contribution is 7.09. The van der Waals surface area contributed by atoms with Crippen LogP contribution in [0.5, 0.6) is 5.75 Å². The maximum atomic E-state index is 13.7. The van der Waals surface area contributed by atoms with Gasteiger partial charge < -0.3 is 10.1 Å². The summed E-state index contributed by atoms with van der Waals surface area (Å²) in [5.74, 6) is -1.66. The minimum absolute atomic E-state index is 0.177. The minimum atomic E-state index is -0.670. The molecule has 0 aliphatic rings. The third kappa shape index (κ3) is 3.05. The van der Waals surface area contributed by atoms with Crippen molar-refractivity contribution in [3.05, 3.63) is 51.7 Å². The molecule has 0 aliphatic heterocycles. The first-order valence-corrected chi connectivity index (χ1v) is 6.36. The Hall–Kier alpha value is -1.46. The molecule has 2 aromatic rings. The molecule has 2 rings (SSSR count). The Morgan fingerprint density at radius 1 is 1.28 bits per heavy atom. The van der Waals surface area contributed by atoms with E-state index in [1.54, 1.807) is 7.05 Å². The van der Waals surface area contributed by atoms with E-state index in [1.165, 1.54) is 23.5 Å². The standard InChI is InChI=1S/C13H13F2NOS/c1-16-7-9-5-11(14)13(12(15)6-9)17-8-10-3-2-4-18-10/h2-6,16H,7-8H2,1H3. The third-order valence-corrected chi connectivity index (χ3v) is 3.23. The van der Waals surface area contributed by atoms with Crippen molar-refractivity contribution in [3.63, 3.8) is 0 Å². The van der Waals surface area contributed by atoms with Gasteiger partial charge in [-0.05, 0) is 36.2 Å². The summed E-state index contributed by atoms with van der Waals surface area (Å²) >= 11 is 1.49. The highest BCUT2D eigenvalue weighted by atomic mass is 32.1. The van der Waals surface area contributed by atoms with Gasteiger partial charge in [-0.1, -0.05) is 6.07 Å². The van der Waals surface area contributed by atoms with Gasteiger partial charge in [0, 0.05) is 11.4 Å². The SMILES string of the molecule is CNCc1cc(F)c(OCc2cccs2)c(F)c1. The van der Waals surface area contributed by atoms with Gasteiger partial charge in [-0.25, -0.2) is 8.78 Å². The summed E-state index contributed by atoms with van der Waals surface area (Å²) in [6.07, 6.45) is 0. The lowest BCUT2D eigenvalue weighted by atomic mass is 10.2. The summed E-state index contributed by atoms with van der Waals surface area (Å²) in [5.41, 5.74) is 0.552. The average Bonchev–Trinajstić information content (AvgIpc) is 2.81. The van der Waals surface area contributed by atoms with Crippen LogP contribution in [0.4, 0.5) is 8.78 Å². The van der Waals surface area contributed by atoms with E-state index < -0.39 is 11.6 Å². The summed E-state index contributed by atoms with van der Waals surface area (Å²) in [7, 11) is 1.72. The molecule has 0 aliphatic carbocycles. The molecule has 0 atom stereocenters. The fourth-order valence-electron chi connectivity index (χ4n) is 1.59. The molecule has 96 valence electrons. The number of thiophene rings is 1. The van der Waals surface area contributed by atoms with Crippen molar-refractivity contribution in [2.75, 3.05) is 7.05 Å². The number of rotatable bonds is 5. The number of benzene rings is 1. The second kappa shape index (κ2) is 5.93. The Balaban J connectivity index is 2.12. The van der Waals surface area contributed by atoms with E-state index in [2.05, 4.69) is 5.32 Å². The maximum Gasteiger partial charge on any atom is 0.191 e. The van der Waals surface area contributed by atoms with Gasteiger partial charge in [0.15, 0.2) is 17.4 Å². The third-order valence-electron chi connectivity index (χ3n) is 2.38. The fourth-order valence-corrected chi connectivity index (χ4v) is 2.21. The maximum absolute atomic E-state index is 13.7. The predicted molar refractivity (Wildman–Crippen MR) is 67.8 cm³/mol. The normalized spacial score (nSPS) is 10.6. The molecular weight excluding hydrogens is 256 g/mol. The highest BCUT2D eigenvalue weighted by Gasteiger charge is 2.12. The Bertz CT molecular complexity index is 491. The summed E-state index contributed by atoms with van der Waals surface area (Å²) < 4.78 is 32.5. The Labute approximate surface area is 108 Å². The molecule has 0 spiro atoms. The van der Waals surface area contributed by atoms with Crippen LogP contribution in [0.25, 0.3) is 0 Å². The van der Waals surface area contributed by atoms with Crippen molar-refractivity contribution in [3.8, 4) is 5.75 Å². The first-order valence-electron chi connectivity index (χ1n) is 5.48. The van der Waals surface area contributed by atoms with Crippen molar-refractivity contribution in [1.29, 1.82) is 0 Å². The second-order valence-electron chi connectivity index (χ2n) is 3.79. The van der Waals surface area contributed by atoms with E-state index in [1.807, 2.05) is 17.5 Å². The van der Waals surface area contributed by atoms with Gasteiger partial charge in [-0.15, -0.1) is 11.3 Å². The van der Waals surface area contributed by atoms with E-state index in [9.17, 15) is 8.78 Å². The Kier molecular flexibility index (Phi) is 4.28. The Morgan fingerprint density at radius 2 is 2.00 bits per heavy atom. The lowest BCUT2D eigenvalue weighted by Crippen LogP contribution is -2.07. The van der Waals surface area contributed by atoms with E-state index in [-0.39, 0.29) is 12.4 Å². The first kappa shape index (κ1) is 13.0. The van der Waals surface area contributed by atoms with Crippen LogP contribution in [0, 0.1) is 11.6 Å². The minimum Gasteiger partial charge on any atom is -0.482 e. The number of nitrogens with one attached hydrogen (secondary N) is 1. The van der Waals surface area contributed by atoms with Gasteiger partial charge >= 0.3 is 0 Å². The molecule has 0 bridgehead atoms. The zero-order chi connectivity index (χ0) is 13.0. The molecule has 1 aromatic heterocycles. The van der Waals surface area contributed by atoms with Crippen LogP contribution in [0.15, 0.2) is 29.6 Å². The smallest absolute Gasteiger partial charge is 0.191 e. The monoisotopic (exact) mass is 269 g/mol. The largest absolute Gasteiger partial charge is 0.482 e. The molecule has 0 unspecified atom stereocenters. The molecule has 18 heavy (non-hydrogen) atoms. The van der Waals surface area contributed by atoms with E-state index in [0.29, 0.717) is 12.1 Å². The van der Waals surface area contributed by atoms with Crippen molar-refractivity contribution < 1.29 is 13.5 Å². The van der Waals surface area contributed by atoms with Crippen molar-refractivity contribution in [2.45, 2.75) is 13.2 Å². The molecule has 0 amide bonds. The predicted octanol–water partition coefficient (Wildman–Crippen LogP) is 3.32. The Morgan fingerprint density at radius 3 is 2.56 bits per heavy atom. The second-order valence-corrected chi connectivity index (χ2v) is 4.82. The van der Waals surface area contributed by atoms with Crippen LogP contribution in [0.2, 0.25) is 0 Å². The van der Waals surface area contributed by atoms with E-state index in [0.717, 1.165) is 4.88 Å². The van der Waals surface area contributed by atoms with Gasteiger partial charge in [0.25, 0.3) is 0 Å². The van der Waals surface area contributed by atoms with Crippen LogP contribution in [-0.4, -0.2) is 7.05 Å². The van der Waals surface area contributed by atoms with Crippen LogP contribution < -0.4 is 10.1 Å². The molecule has 1 N–H and O–H groups in total. The summed E-state index contributed by atoms with van der Waals surface area (Å²) in [4.78, 5) is 0.924. The van der Waals surface area contributed by atoms with Crippen LogP contribution >= 0.6 is 11.3 Å².